The fraction of sp³-hybridized carbons (Fsp3) is 0.269. The minimum absolute atomic E-state index is 0.172. The second-order valence-electron chi connectivity index (χ2n) is 8.37. The lowest BCUT2D eigenvalue weighted by molar-refractivity contribution is -0.129. The lowest BCUT2D eigenvalue weighted by atomic mass is 10.1. The van der Waals surface area contributed by atoms with Crippen LogP contribution in [0.5, 0.6) is 0 Å². The van der Waals surface area contributed by atoms with E-state index < -0.39 is 10.0 Å². The predicted molar refractivity (Wildman–Crippen MR) is 132 cm³/mol. The van der Waals surface area contributed by atoms with Gasteiger partial charge in [-0.05, 0) is 61.4 Å². The van der Waals surface area contributed by atoms with Crippen molar-refractivity contribution >= 4 is 27.3 Å². The number of hydrogen-bond donors (Lipinski definition) is 0. The Morgan fingerprint density at radius 2 is 1.36 bits per heavy atom. The lowest BCUT2D eigenvalue weighted by Crippen LogP contribution is -2.52. The summed E-state index contributed by atoms with van der Waals surface area (Å²) < 4.78 is 28.4. The first-order valence-corrected chi connectivity index (χ1v) is 12.5. The molecule has 33 heavy (non-hydrogen) atoms. The quantitative estimate of drug-likeness (QED) is 0.557. The van der Waals surface area contributed by atoms with E-state index >= 15 is 0 Å². The molecule has 6 nitrogen and oxygen atoms in total. The van der Waals surface area contributed by atoms with Crippen LogP contribution in [0.4, 0.5) is 11.4 Å². The van der Waals surface area contributed by atoms with Gasteiger partial charge in [0.2, 0.25) is 5.91 Å². The molecule has 3 aromatic carbocycles. The van der Waals surface area contributed by atoms with Crippen molar-refractivity contribution in [3.8, 4) is 0 Å². The first-order valence-electron chi connectivity index (χ1n) is 11.1. The molecule has 0 aliphatic carbocycles. The summed E-state index contributed by atoms with van der Waals surface area (Å²) in [5.74, 6) is -0.193. The summed E-state index contributed by atoms with van der Waals surface area (Å²) in [6.07, 6.45) is 0. The summed E-state index contributed by atoms with van der Waals surface area (Å²) in [5, 5.41) is 0. The van der Waals surface area contributed by atoms with Crippen LogP contribution >= 0.6 is 0 Å². The van der Waals surface area contributed by atoms with Crippen LogP contribution in [-0.2, 0) is 14.8 Å². The number of carbonyl (C=O) groups excluding carboxylic acids is 1. The number of rotatable bonds is 6. The molecule has 1 amide bonds. The fourth-order valence-corrected chi connectivity index (χ4v) is 5.62. The number of piperazine rings is 1. The van der Waals surface area contributed by atoms with E-state index in [0.717, 1.165) is 16.8 Å². The fourth-order valence-electron chi connectivity index (χ4n) is 4.21. The summed E-state index contributed by atoms with van der Waals surface area (Å²) in [6.45, 7) is 6.16. The van der Waals surface area contributed by atoms with Crippen LogP contribution < -0.4 is 9.21 Å². The topological polar surface area (TPSA) is 60.9 Å². The minimum atomic E-state index is -3.90. The molecule has 0 radical (unpaired) electrons. The van der Waals surface area contributed by atoms with Crippen LogP contribution in [0.2, 0.25) is 0 Å². The molecule has 1 aliphatic heterocycles. The normalized spacial score (nSPS) is 14.2. The van der Waals surface area contributed by atoms with Gasteiger partial charge in [0.1, 0.15) is 6.54 Å². The molecule has 0 N–H and O–H groups in total. The Hall–Kier alpha value is -3.32. The van der Waals surface area contributed by atoms with Crippen molar-refractivity contribution in [2.24, 2.45) is 0 Å². The zero-order chi connectivity index (χ0) is 23.4. The average molecular weight is 464 g/mol. The molecule has 0 atom stereocenters. The largest absolute Gasteiger partial charge is 0.368 e. The Labute approximate surface area is 196 Å². The Balaban J connectivity index is 1.56. The minimum Gasteiger partial charge on any atom is -0.368 e. The van der Waals surface area contributed by atoms with Crippen molar-refractivity contribution in [3.63, 3.8) is 0 Å². The molecule has 1 aliphatic rings. The third kappa shape index (κ3) is 5.20. The van der Waals surface area contributed by atoms with Crippen molar-refractivity contribution in [3.05, 3.63) is 90.0 Å². The monoisotopic (exact) mass is 463 g/mol. The maximum Gasteiger partial charge on any atom is 0.264 e. The smallest absolute Gasteiger partial charge is 0.264 e. The number of amides is 1. The number of nitrogens with zero attached hydrogens (tertiary/aromatic N) is 3. The highest BCUT2D eigenvalue weighted by Gasteiger charge is 2.30. The van der Waals surface area contributed by atoms with Gasteiger partial charge in [-0.15, -0.1) is 0 Å². The van der Waals surface area contributed by atoms with Gasteiger partial charge in [0, 0.05) is 31.9 Å². The molecule has 1 fully saturated rings. The molecule has 0 spiro atoms. The van der Waals surface area contributed by atoms with Gasteiger partial charge in [0.05, 0.1) is 10.6 Å². The van der Waals surface area contributed by atoms with E-state index in [1.165, 1.54) is 4.31 Å². The van der Waals surface area contributed by atoms with Gasteiger partial charge in [-0.1, -0.05) is 42.5 Å². The standard InChI is InChI=1S/C26H29N3O3S/c1-21-17-22(2)19-24(18-21)29(33(31,32)25-11-7-4-8-12-25)20-26(30)28-15-13-27(14-16-28)23-9-5-3-6-10-23/h3-12,17-19H,13-16,20H2,1-2H3. The molecule has 7 heteroatoms. The van der Waals surface area contributed by atoms with Crippen LogP contribution in [0, 0.1) is 13.8 Å². The first kappa shape index (κ1) is 22.9. The first-order chi connectivity index (χ1) is 15.8. The van der Waals surface area contributed by atoms with E-state index in [-0.39, 0.29) is 17.3 Å². The summed E-state index contributed by atoms with van der Waals surface area (Å²) in [4.78, 5) is 17.4. The summed E-state index contributed by atoms with van der Waals surface area (Å²) in [7, 11) is -3.90. The predicted octanol–water partition coefficient (Wildman–Crippen LogP) is 3.85. The molecule has 0 bridgehead atoms. The second kappa shape index (κ2) is 9.67. The van der Waals surface area contributed by atoms with Crippen LogP contribution in [0.15, 0.2) is 83.8 Å². The van der Waals surface area contributed by atoms with Crippen molar-refractivity contribution in [1.29, 1.82) is 0 Å². The molecule has 0 saturated carbocycles. The van der Waals surface area contributed by atoms with E-state index in [0.29, 0.717) is 31.9 Å². The highest BCUT2D eigenvalue weighted by Crippen LogP contribution is 2.26. The summed E-state index contributed by atoms with van der Waals surface area (Å²) >= 11 is 0. The number of benzene rings is 3. The molecule has 4 rings (SSSR count). The number of anilines is 2. The number of para-hydroxylation sites is 1. The van der Waals surface area contributed by atoms with E-state index in [4.69, 9.17) is 0 Å². The summed E-state index contributed by atoms with van der Waals surface area (Å²) in [5.41, 5.74) is 3.53. The van der Waals surface area contributed by atoms with Crippen molar-refractivity contribution in [1.82, 2.24) is 4.90 Å². The Kier molecular flexibility index (Phi) is 6.70. The van der Waals surface area contributed by atoms with Crippen LogP contribution in [0.25, 0.3) is 0 Å². The van der Waals surface area contributed by atoms with Crippen LogP contribution in [-0.4, -0.2) is 51.9 Å². The highest BCUT2D eigenvalue weighted by molar-refractivity contribution is 7.92. The molecule has 3 aromatic rings. The van der Waals surface area contributed by atoms with Crippen molar-refractivity contribution < 1.29 is 13.2 Å². The molecular formula is C26H29N3O3S. The van der Waals surface area contributed by atoms with E-state index in [1.54, 1.807) is 35.2 Å². The molecular weight excluding hydrogens is 434 g/mol. The van der Waals surface area contributed by atoms with Gasteiger partial charge >= 0.3 is 0 Å². The van der Waals surface area contributed by atoms with Gasteiger partial charge in [0.25, 0.3) is 10.0 Å². The zero-order valence-electron chi connectivity index (χ0n) is 19.0. The van der Waals surface area contributed by atoms with Crippen LogP contribution in [0.1, 0.15) is 11.1 Å². The molecule has 0 unspecified atom stereocenters. The van der Waals surface area contributed by atoms with Gasteiger partial charge in [-0.3, -0.25) is 9.10 Å². The molecule has 1 saturated heterocycles. The molecule has 172 valence electrons. The van der Waals surface area contributed by atoms with Crippen molar-refractivity contribution in [2.75, 3.05) is 41.9 Å². The Morgan fingerprint density at radius 1 is 0.818 bits per heavy atom. The van der Waals surface area contributed by atoms with Gasteiger partial charge in [-0.25, -0.2) is 8.42 Å². The van der Waals surface area contributed by atoms with E-state index in [9.17, 15) is 13.2 Å². The summed E-state index contributed by atoms with van der Waals surface area (Å²) in [6, 6.07) is 24.0. The maximum absolute atomic E-state index is 13.6. The van der Waals surface area contributed by atoms with Crippen molar-refractivity contribution in [2.45, 2.75) is 18.7 Å². The van der Waals surface area contributed by atoms with Gasteiger partial charge in [-0.2, -0.15) is 0 Å². The third-order valence-corrected chi connectivity index (χ3v) is 7.65. The van der Waals surface area contributed by atoms with Gasteiger partial charge in [0.15, 0.2) is 0 Å². The van der Waals surface area contributed by atoms with E-state index in [2.05, 4.69) is 17.0 Å². The van der Waals surface area contributed by atoms with Crippen LogP contribution in [0.3, 0.4) is 0 Å². The van der Waals surface area contributed by atoms with E-state index in [1.807, 2.05) is 50.2 Å². The Bertz CT molecular complexity index is 1190. The Morgan fingerprint density at radius 3 is 1.94 bits per heavy atom. The number of sulfonamides is 1. The lowest BCUT2D eigenvalue weighted by Gasteiger charge is -2.37. The highest BCUT2D eigenvalue weighted by atomic mass is 32.2. The number of aryl methyl sites for hydroxylation is 2. The maximum atomic E-state index is 13.6. The second-order valence-corrected chi connectivity index (χ2v) is 10.2. The molecule has 0 aromatic heterocycles. The third-order valence-electron chi connectivity index (χ3n) is 5.86. The number of hydrogen-bond acceptors (Lipinski definition) is 4. The molecule has 1 heterocycles. The SMILES string of the molecule is Cc1cc(C)cc(N(CC(=O)N2CCN(c3ccccc3)CC2)S(=O)(=O)c2ccccc2)c1. The average Bonchev–Trinajstić information content (AvgIpc) is 2.83. The zero-order valence-corrected chi connectivity index (χ0v) is 19.8. The van der Waals surface area contributed by atoms with Gasteiger partial charge < -0.3 is 9.80 Å². The number of carbonyl (C=O) groups is 1.